The molecule has 30 heavy (non-hydrogen) atoms. The second kappa shape index (κ2) is 8.51. The standard InChI is InChI=1S/C22H18ClFN4O2/c23-18-13-16(24)8-9-17(18)21(29)26-11-12-27-20-19(7-4-10-25-20)28(22(27)30)14-15-5-2-1-3-6-15/h1-10,13H,11-12,14H2,(H,26,29). The normalized spacial score (nSPS) is 11.0. The van der Waals surface area contributed by atoms with E-state index >= 15 is 0 Å². The molecule has 152 valence electrons. The van der Waals surface area contributed by atoms with E-state index in [1.165, 1.54) is 16.7 Å². The van der Waals surface area contributed by atoms with E-state index in [1.807, 2.05) is 36.4 Å². The van der Waals surface area contributed by atoms with Crippen LogP contribution in [0.25, 0.3) is 11.2 Å². The number of carbonyl (C=O) groups is 1. The zero-order chi connectivity index (χ0) is 21.1. The van der Waals surface area contributed by atoms with E-state index < -0.39 is 11.7 Å². The van der Waals surface area contributed by atoms with Crippen LogP contribution in [-0.2, 0) is 13.1 Å². The molecule has 0 aliphatic carbocycles. The lowest BCUT2D eigenvalue weighted by atomic mass is 10.2. The van der Waals surface area contributed by atoms with E-state index in [9.17, 15) is 14.0 Å². The Morgan fingerprint density at radius 3 is 2.63 bits per heavy atom. The fourth-order valence-corrected chi connectivity index (χ4v) is 3.57. The number of aromatic nitrogens is 3. The van der Waals surface area contributed by atoms with Crippen molar-refractivity contribution in [3.05, 3.63) is 99.3 Å². The molecule has 4 aromatic rings. The Balaban J connectivity index is 1.55. The summed E-state index contributed by atoms with van der Waals surface area (Å²) in [4.78, 5) is 29.7. The van der Waals surface area contributed by atoms with Crippen LogP contribution < -0.4 is 11.0 Å². The molecule has 0 atom stereocenters. The Morgan fingerprint density at radius 1 is 1.07 bits per heavy atom. The van der Waals surface area contributed by atoms with Crippen LogP contribution in [0.3, 0.4) is 0 Å². The lowest BCUT2D eigenvalue weighted by molar-refractivity contribution is 0.0952. The monoisotopic (exact) mass is 424 g/mol. The van der Waals surface area contributed by atoms with Crippen LogP contribution in [0.1, 0.15) is 15.9 Å². The maximum Gasteiger partial charge on any atom is 0.330 e. The second-order valence-corrected chi connectivity index (χ2v) is 7.14. The van der Waals surface area contributed by atoms with Crippen LogP contribution in [0.4, 0.5) is 4.39 Å². The van der Waals surface area contributed by atoms with E-state index in [0.29, 0.717) is 12.2 Å². The van der Waals surface area contributed by atoms with Gasteiger partial charge in [-0.25, -0.2) is 14.2 Å². The third-order valence-corrected chi connectivity index (χ3v) is 5.07. The number of nitrogens with one attached hydrogen (secondary N) is 1. The van der Waals surface area contributed by atoms with Gasteiger partial charge in [0.15, 0.2) is 5.65 Å². The van der Waals surface area contributed by atoms with Crippen molar-refractivity contribution in [2.75, 3.05) is 6.54 Å². The number of halogens is 2. The highest BCUT2D eigenvalue weighted by atomic mass is 35.5. The summed E-state index contributed by atoms with van der Waals surface area (Å²) in [5.74, 6) is -0.950. The van der Waals surface area contributed by atoms with Gasteiger partial charge in [-0.2, -0.15) is 0 Å². The number of imidazole rings is 1. The number of benzene rings is 2. The van der Waals surface area contributed by atoms with Gasteiger partial charge in [-0.1, -0.05) is 41.9 Å². The number of hydrogen-bond donors (Lipinski definition) is 1. The summed E-state index contributed by atoms with van der Waals surface area (Å²) in [6.45, 7) is 0.846. The summed E-state index contributed by atoms with van der Waals surface area (Å²) < 4.78 is 16.4. The summed E-state index contributed by atoms with van der Waals surface area (Å²) >= 11 is 5.93. The van der Waals surface area contributed by atoms with Crippen molar-refractivity contribution in [3.63, 3.8) is 0 Å². The highest BCUT2D eigenvalue weighted by Gasteiger charge is 2.15. The molecule has 1 amide bonds. The average molecular weight is 425 g/mol. The SMILES string of the molecule is O=C(NCCn1c(=O)n(Cc2ccccc2)c2cccnc21)c1ccc(F)cc1Cl. The van der Waals surface area contributed by atoms with E-state index in [2.05, 4.69) is 10.3 Å². The summed E-state index contributed by atoms with van der Waals surface area (Å²) in [5, 5.41) is 2.75. The van der Waals surface area contributed by atoms with Gasteiger partial charge in [0.25, 0.3) is 5.91 Å². The molecule has 0 aliphatic heterocycles. The second-order valence-electron chi connectivity index (χ2n) is 6.73. The van der Waals surface area contributed by atoms with Crippen molar-refractivity contribution in [1.82, 2.24) is 19.4 Å². The number of carbonyl (C=O) groups excluding carboxylic acids is 1. The molecule has 0 fully saturated rings. The Kier molecular flexibility index (Phi) is 5.63. The minimum Gasteiger partial charge on any atom is -0.350 e. The van der Waals surface area contributed by atoms with Gasteiger partial charge >= 0.3 is 5.69 Å². The largest absolute Gasteiger partial charge is 0.350 e. The van der Waals surface area contributed by atoms with Gasteiger partial charge in [-0.05, 0) is 35.9 Å². The molecule has 2 aromatic carbocycles. The molecule has 1 N–H and O–H groups in total. The third kappa shape index (κ3) is 3.97. The van der Waals surface area contributed by atoms with Crippen LogP contribution in [0.2, 0.25) is 5.02 Å². The quantitative estimate of drug-likeness (QED) is 0.515. The topological polar surface area (TPSA) is 68.9 Å². The third-order valence-electron chi connectivity index (χ3n) is 4.75. The van der Waals surface area contributed by atoms with E-state index in [0.717, 1.165) is 17.1 Å². The lowest BCUT2D eigenvalue weighted by Gasteiger charge is -2.07. The minimum absolute atomic E-state index is 0.0331. The maximum atomic E-state index is 13.2. The highest BCUT2D eigenvalue weighted by molar-refractivity contribution is 6.33. The van der Waals surface area contributed by atoms with Crippen molar-refractivity contribution in [3.8, 4) is 0 Å². The molecule has 0 saturated carbocycles. The zero-order valence-electron chi connectivity index (χ0n) is 15.9. The van der Waals surface area contributed by atoms with Crippen molar-refractivity contribution in [2.45, 2.75) is 13.1 Å². The van der Waals surface area contributed by atoms with Crippen molar-refractivity contribution < 1.29 is 9.18 Å². The van der Waals surface area contributed by atoms with Gasteiger partial charge in [-0.3, -0.25) is 13.9 Å². The summed E-state index contributed by atoms with van der Waals surface area (Å²) in [5.41, 5.74) is 2.24. The molecular weight excluding hydrogens is 407 g/mol. The first-order valence-electron chi connectivity index (χ1n) is 9.36. The van der Waals surface area contributed by atoms with Crippen molar-refractivity contribution >= 4 is 28.7 Å². The molecule has 0 bridgehead atoms. The highest BCUT2D eigenvalue weighted by Crippen LogP contribution is 2.17. The predicted molar refractivity (Wildman–Crippen MR) is 113 cm³/mol. The first kappa shape index (κ1) is 19.8. The molecule has 6 nitrogen and oxygen atoms in total. The Morgan fingerprint density at radius 2 is 1.87 bits per heavy atom. The van der Waals surface area contributed by atoms with Crippen LogP contribution >= 0.6 is 11.6 Å². The first-order chi connectivity index (χ1) is 14.5. The predicted octanol–water partition coefficient (Wildman–Crippen LogP) is 3.47. The minimum atomic E-state index is -0.514. The molecule has 2 aromatic heterocycles. The van der Waals surface area contributed by atoms with E-state index in [1.54, 1.807) is 16.8 Å². The molecule has 0 saturated heterocycles. The number of pyridine rings is 1. The van der Waals surface area contributed by atoms with Crippen molar-refractivity contribution in [1.29, 1.82) is 0 Å². The summed E-state index contributed by atoms with van der Waals surface area (Å²) in [6.07, 6.45) is 1.63. The molecule has 0 radical (unpaired) electrons. The van der Waals surface area contributed by atoms with Gasteiger partial charge in [0.05, 0.1) is 22.6 Å². The van der Waals surface area contributed by atoms with Crippen LogP contribution in [0, 0.1) is 5.82 Å². The average Bonchev–Trinajstić information content (AvgIpc) is 3.00. The molecule has 8 heteroatoms. The van der Waals surface area contributed by atoms with Gasteiger partial charge in [0.2, 0.25) is 0 Å². The van der Waals surface area contributed by atoms with E-state index in [4.69, 9.17) is 11.6 Å². The fraction of sp³-hybridized carbons (Fsp3) is 0.136. The zero-order valence-corrected chi connectivity index (χ0v) is 16.6. The van der Waals surface area contributed by atoms with Gasteiger partial charge < -0.3 is 5.32 Å². The van der Waals surface area contributed by atoms with Crippen LogP contribution in [0.15, 0.2) is 71.7 Å². The summed E-state index contributed by atoms with van der Waals surface area (Å²) in [6, 6.07) is 16.9. The molecule has 0 unspecified atom stereocenters. The molecule has 2 heterocycles. The Bertz CT molecular complexity index is 1270. The van der Waals surface area contributed by atoms with Crippen LogP contribution in [0.5, 0.6) is 0 Å². The lowest BCUT2D eigenvalue weighted by Crippen LogP contribution is -2.32. The number of fused-ring (bicyclic) bond motifs is 1. The van der Waals surface area contributed by atoms with Crippen molar-refractivity contribution in [2.24, 2.45) is 0 Å². The number of amides is 1. The molecule has 0 aliphatic rings. The number of nitrogens with zero attached hydrogens (tertiary/aromatic N) is 3. The first-order valence-corrected chi connectivity index (χ1v) is 9.73. The number of hydrogen-bond acceptors (Lipinski definition) is 3. The molecule has 0 spiro atoms. The Labute approximate surface area is 176 Å². The van der Waals surface area contributed by atoms with Crippen LogP contribution in [-0.4, -0.2) is 26.6 Å². The maximum absolute atomic E-state index is 13.2. The van der Waals surface area contributed by atoms with E-state index in [-0.39, 0.29) is 29.4 Å². The van der Waals surface area contributed by atoms with Gasteiger partial charge in [-0.15, -0.1) is 0 Å². The fourth-order valence-electron chi connectivity index (χ4n) is 3.32. The van der Waals surface area contributed by atoms with Gasteiger partial charge in [0, 0.05) is 19.3 Å². The Hall–Kier alpha value is -3.45. The smallest absolute Gasteiger partial charge is 0.330 e. The number of rotatable bonds is 6. The van der Waals surface area contributed by atoms with Gasteiger partial charge in [0.1, 0.15) is 5.82 Å². The molecular formula is C22H18ClFN4O2. The molecule has 4 rings (SSSR count). The summed E-state index contributed by atoms with van der Waals surface area (Å²) in [7, 11) is 0.